The highest BCUT2D eigenvalue weighted by Crippen LogP contribution is 2.36. The fourth-order valence-corrected chi connectivity index (χ4v) is 2.65. The summed E-state index contributed by atoms with van der Waals surface area (Å²) in [6.45, 7) is 2.35. The summed E-state index contributed by atoms with van der Waals surface area (Å²) in [7, 11) is 0. The van der Waals surface area contributed by atoms with E-state index in [4.69, 9.17) is 21.1 Å². The summed E-state index contributed by atoms with van der Waals surface area (Å²) < 4.78 is 11.4. The lowest BCUT2D eigenvalue weighted by Gasteiger charge is -2.25. The van der Waals surface area contributed by atoms with Gasteiger partial charge in [0.15, 0.2) is 5.78 Å². The fourth-order valence-electron chi connectivity index (χ4n) is 2.44. The van der Waals surface area contributed by atoms with Crippen LogP contribution in [0.3, 0.4) is 0 Å². The molecular formula is C14H16ClNO3. The van der Waals surface area contributed by atoms with E-state index in [2.05, 4.69) is 5.32 Å². The molecule has 1 aromatic rings. The molecule has 0 amide bonds. The topological polar surface area (TPSA) is 47.6 Å². The van der Waals surface area contributed by atoms with Crippen LogP contribution in [0.5, 0.6) is 11.5 Å². The van der Waals surface area contributed by atoms with Crippen LogP contribution in [-0.2, 0) is 0 Å². The van der Waals surface area contributed by atoms with Crippen molar-refractivity contribution in [2.24, 2.45) is 0 Å². The maximum Gasteiger partial charge on any atom is 0.170 e. The quantitative estimate of drug-likeness (QED) is 0.904. The van der Waals surface area contributed by atoms with Crippen molar-refractivity contribution in [3.8, 4) is 11.5 Å². The van der Waals surface area contributed by atoms with E-state index in [1.165, 1.54) is 0 Å². The minimum atomic E-state index is 0.0802. The van der Waals surface area contributed by atoms with Gasteiger partial charge in [0.1, 0.15) is 17.6 Å². The Morgan fingerprint density at radius 1 is 1.32 bits per heavy atom. The second-order valence-electron chi connectivity index (χ2n) is 4.87. The van der Waals surface area contributed by atoms with Crippen LogP contribution in [-0.4, -0.2) is 31.6 Å². The third kappa shape index (κ3) is 2.69. The molecule has 1 fully saturated rings. The summed E-state index contributed by atoms with van der Waals surface area (Å²) in [5.74, 6) is 1.28. The van der Waals surface area contributed by atoms with Gasteiger partial charge in [-0.3, -0.25) is 4.79 Å². The van der Waals surface area contributed by atoms with Crippen molar-refractivity contribution < 1.29 is 14.3 Å². The molecule has 1 saturated heterocycles. The minimum absolute atomic E-state index is 0.0802. The van der Waals surface area contributed by atoms with Crippen molar-refractivity contribution in [1.29, 1.82) is 0 Å². The first-order valence-electron chi connectivity index (χ1n) is 6.61. The lowest BCUT2D eigenvalue weighted by molar-refractivity contribution is 0.0932. The molecule has 0 unspecified atom stereocenters. The zero-order chi connectivity index (χ0) is 13.2. The third-order valence-electron chi connectivity index (χ3n) is 3.50. The maximum absolute atomic E-state index is 11.8. The molecule has 1 aromatic carbocycles. The number of benzene rings is 1. The first kappa shape index (κ1) is 12.8. The van der Waals surface area contributed by atoms with Gasteiger partial charge in [0.25, 0.3) is 0 Å². The van der Waals surface area contributed by atoms with Crippen LogP contribution in [0.4, 0.5) is 0 Å². The Labute approximate surface area is 117 Å². The Balaban J connectivity index is 1.83. The van der Waals surface area contributed by atoms with Crippen molar-refractivity contribution in [3.05, 3.63) is 22.7 Å². The first-order valence-corrected chi connectivity index (χ1v) is 6.99. The number of fused-ring (bicyclic) bond motifs is 1. The molecule has 2 aliphatic heterocycles. The zero-order valence-electron chi connectivity index (χ0n) is 10.6. The van der Waals surface area contributed by atoms with Crippen molar-refractivity contribution in [2.45, 2.75) is 25.4 Å². The van der Waals surface area contributed by atoms with Gasteiger partial charge in [-0.25, -0.2) is 0 Å². The van der Waals surface area contributed by atoms with E-state index >= 15 is 0 Å². The molecule has 0 saturated carbocycles. The van der Waals surface area contributed by atoms with Crippen molar-refractivity contribution in [1.82, 2.24) is 5.32 Å². The predicted molar refractivity (Wildman–Crippen MR) is 72.4 cm³/mol. The highest BCUT2D eigenvalue weighted by atomic mass is 35.5. The molecule has 4 nitrogen and oxygen atoms in total. The molecule has 0 aliphatic carbocycles. The second-order valence-corrected chi connectivity index (χ2v) is 5.27. The zero-order valence-corrected chi connectivity index (χ0v) is 11.3. The first-order chi connectivity index (χ1) is 9.24. The summed E-state index contributed by atoms with van der Waals surface area (Å²) >= 11 is 6.20. The van der Waals surface area contributed by atoms with Gasteiger partial charge >= 0.3 is 0 Å². The Bertz CT molecular complexity index is 498. The van der Waals surface area contributed by atoms with E-state index in [0.29, 0.717) is 35.1 Å². The Hall–Kier alpha value is -1.26. The molecule has 0 bridgehead atoms. The predicted octanol–water partition coefficient (Wildman–Crippen LogP) is 2.44. The number of carbonyl (C=O) groups excluding carboxylic acids is 1. The molecule has 0 spiro atoms. The average Bonchev–Trinajstić information content (AvgIpc) is 2.42. The van der Waals surface area contributed by atoms with E-state index in [9.17, 15) is 4.79 Å². The third-order valence-corrected chi connectivity index (χ3v) is 3.80. The van der Waals surface area contributed by atoms with Gasteiger partial charge in [0, 0.05) is 12.5 Å². The molecular weight excluding hydrogens is 266 g/mol. The van der Waals surface area contributed by atoms with Crippen LogP contribution >= 0.6 is 11.6 Å². The summed E-state index contributed by atoms with van der Waals surface area (Å²) in [5, 5.41) is 3.77. The Kier molecular flexibility index (Phi) is 3.62. The van der Waals surface area contributed by atoms with Crippen LogP contribution in [0, 0.1) is 0 Å². The smallest absolute Gasteiger partial charge is 0.170 e. The van der Waals surface area contributed by atoms with E-state index in [-0.39, 0.29) is 11.9 Å². The number of hydrogen-bond donors (Lipinski definition) is 1. The summed E-state index contributed by atoms with van der Waals surface area (Å²) in [4.78, 5) is 11.8. The molecule has 0 atom stereocenters. The fraction of sp³-hybridized carbons (Fsp3) is 0.500. The Morgan fingerprint density at radius 2 is 2.11 bits per heavy atom. The normalized spacial score (nSPS) is 19.7. The summed E-state index contributed by atoms with van der Waals surface area (Å²) in [6.07, 6.45) is 2.52. The standard InChI is InChI=1S/C14H16ClNO3/c15-11-7-10-12(17)3-6-18-13(10)8-14(11)19-9-1-4-16-5-2-9/h7-9,16H,1-6H2. The van der Waals surface area contributed by atoms with Gasteiger partial charge in [-0.15, -0.1) is 0 Å². The monoisotopic (exact) mass is 281 g/mol. The number of nitrogens with one attached hydrogen (secondary N) is 1. The molecule has 2 heterocycles. The minimum Gasteiger partial charge on any atom is -0.492 e. The number of ketones is 1. The van der Waals surface area contributed by atoms with Gasteiger partial charge in [-0.1, -0.05) is 11.6 Å². The highest BCUT2D eigenvalue weighted by Gasteiger charge is 2.23. The lowest BCUT2D eigenvalue weighted by atomic mass is 10.0. The van der Waals surface area contributed by atoms with Crippen molar-refractivity contribution >= 4 is 17.4 Å². The van der Waals surface area contributed by atoms with Crippen LogP contribution < -0.4 is 14.8 Å². The molecule has 2 aliphatic rings. The van der Waals surface area contributed by atoms with Gasteiger partial charge in [-0.2, -0.15) is 0 Å². The molecule has 0 aromatic heterocycles. The van der Waals surface area contributed by atoms with Crippen molar-refractivity contribution in [3.63, 3.8) is 0 Å². The van der Waals surface area contributed by atoms with Gasteiger partial charge in [0.2, 0.25) is 0 Å². The summed E-state index contributed by atoms with van der Waals surface area (Å²) in [5.41, 5.74) is 0.564. The van der Waals surface area contributed by atoms with E-state index < -0.39 is 0 Å². The molecule has 102 valence electrons. The van der Waals surface area contributed by atoms with E-state index in [1.807, 2.05) is 0 Å². The SMILES string of the molecule is O=C1CCOc2cc(OC3CCNCC3)c(Cl)cc21. The molecule has 1 N–H and O–H groups in total. The number of Topliss-reactive ketones (excluding diaryl/α,β-unsaturated/α-hetero) is 1. The maximum atomic E-state index is 11.8. The second kappa shape index (κ2) is 5.39. The molecule has 19 heavy (non-hydrogen) atoms. The average molecular weight is 282 g/mol. The molecule has 3 rings (SSSR count). The van der Waals surface area contributed by atoms with Crippen molar-refractivity contribution in [2.75, 3.05) is 19.7 Å². The number of piperidine rings is 1. The van der Waals surface area contributed by atoms with E-state index in [1.54, 1.807) is 12.1 Å². The number of carbonyl (C=O) groups is 1. The molecule has 5 heteroatoms. The van der Waals surface area contributed by atoms with Crippen LogP contribution in [0.2, 0.25) is 5.02 Å². The Morgan fingerprint density at radius 3 is 2.89 bits per heavy atom. The lowest BCUT2D eigenvalue weighted by Crippen LogP contribution is -2.34. The van der Waals surface area contributed by atoms with E-state index in [0.717, 1.165) is 25.9 Å². The largest absolute Gasteiger partial charge is 0.492 e. The van der Waals surface area contributed by atoms with Gasteiger partial charge in [-0.05, 0) is 32.0 Å². The summed E-state index contributed by atoms with van der Waals surface area (Å²) in [6, 6.07) is 3.41. The number of halogens is 1. The van der Waals surface area contributed by atoms with Crippen LogP contribution in [0.25, 0.3) is 0 Å². The van der Waals surface area contributed by atoms with Crippen LogP contribution in [0.1, 0.15) is 29.6 Å². The highest BCUT2D eigenvalue weighted by molar-refractivity contribution is 6.32. The van der Waals surface area contributed by atoms with Gasteiger partial charge in [0.05, 0.1) is 17.2 Å². The number of hydrogen-bond acceptors (Lipinski definition) is 4. The number of rotatable bonds is 2. The molecule has 0 radical (unpaired) electrons. The number of ether oxygens (including phenoxy) is 2. The van der Waals surface area contributed by atoms with Crippen LogP contribution in [0.15, 0.2) is 12.1 Å². The van der Waals surface area contributed by atoms with Gasteiger partial charge < -0.3 is 14.8 Å².